The van der Waals surface area contributed by atoms with E-state index in [-0.39, 0.29) is 36.7 Å². The lowest BCUT2D eigenvalue weighted by Gasteiger charge is -2.32. The van der Waals surface area contributed by atoms with Gasteiger partial charge in [-0.3, -0.25) is 10.0 Å². The summed E-state index contributed by atoms with van der Waals surface area (Å²) >= 11 is 0. The lowest BCUT2D eigenvalue weighted by molar-refractivity contribution is -0.134. The van der Waals surface area contributed by atoms with E-state index in [1.807, 2.05) is 6.07 Å². The molecule has 32 heavy (non-hydrogen) atoms. The molecule has 174 valence electrons. The molecule has 8 nitrogen and oxygen atoms in total. The first-order valence-corrected chi connectivity index (χ1v) is 12.1. The van der Waals surface area contributed by atoms with Crippen molar-refractivity contribution >= 4 is 15.9 Å². The minimum atomic E-state index is -3.65. The Morgan fingerprint density at radius 3 is 2.34 bits per heavy atom. The highest BCUT2D eigenvalue weighted by molar-refractivity contribution is 7.89. The second-order valence-electron chi connectivity index (χ2n) is 8.21. The van der Waals surface area contributed by atoms with Crippen molar-refractivity contribution < 1.29 is 27.5 Å². The quantitative estimate of drug-likeness (QED) is 0.458. The molecular weight excluding hydrogens is 437 g/mol. The van der Waals surface area contributed by atoms with Crippen LogP contribution in [0, 0.1) is 17.7 Å². The smallest absolute Gasteiger partial charge is 0.247 e. The molecule has 2 heterocycles. The predicted octanol–water partition coefficient (Wildman–Crippen LogP) is 2.84. The Morgan fingerprint density at radius 1 is 1.19 bits per heavy atom. The summed E-state index contributed by atoms with van der Waals surface area (Å²) in [4.78, 5) is 16.1. The van der Waals surface area contributed by atoms with Crippen molar-refractivity contribution in [1.82, 2.24) is 14.8 Å². The number of rotatable bonds is 8. The average molecular weight is 466 g/mol. The summed E-state index contributed by atoms with van der Waals surface area (Å²) in [6, 6.07) is 9.71. The van der Waals surface area contributed by atoms with E-state index in [1.165, 1.54) is 16.4 Å². The SMILES string of the molecule is CC(C)C(CS(=O)(=O)N1CCC(Oc2ccc(-c3ccc(F)cc3)cn2)CC1)C(=O)NO. The van der Waals surface area contributed by atoms with Gasteiger partial charge in [0.25, 0.3) is 0 Å². The fourth-order valence-electron chi connectivity index (χ4n) is 3.65. The summed E-state index contributed by atoms with van der Waals surface area (Å²) in [5.41, 5.74) is 3.24. The van der Waals surface area contributed by atoms with E-state index in [0.717, 1.165) is 11.1 Å². The maximum Gasteiger partial charge on any atom is 0.247 e. The third-order valence-electron chi connectivity index (χ3n) is 5.64. The van der Waals surface area contributed by atoms with E-state index in [0.29, 0.717) is 18.7 Å². The third-order valence-corrected chi connectivity index (χ3v) is 7.57. The zero-order valence-corrected chi connectivity index (χ0v) is 18.9. The fraction of sp³-hybridized carbons (Fsp3) is 0.455. The number of piperidine rings is 1. The number of pyridine rings is 1. The van der Waals surface area contributed by atoms with Crippen LogP contribution in [0.25, 0.3) is 11.1 Å². The second kappa shape index (κ2) is 10.4. The highest BCUT2D eigenvalue weighted by Crippen LogP contribution is 2.24. The van der Waals surface area contributed by atoms with Gasteiger partial charge in [-0.1, -0.05) is 26.0 Å². The van der Waals surface area contributed by atoms with Gasteiger partial charge >= 0.3 is 0 Å². The Labute approximate surface area is 187 Å². The Morgan fingerprint density at radius 2 is 1.81 bits per heavy atom. The van der Waals surface area contributed by atoms with Gasteiger partial charge < -0.3 is 4.74 Å². The van der Waals surface area contributed by atoms with E-state index < -0.39 is 21.8 Å². The van der Waals surface area contributed by atoms with E-state index >= 15 is 0 Å². The highest BCUT2D eigenvalue weighted by Gasteiger charge is 2.34. The van der Waals surface area contributed by atoms with Crippen LogP contribution in [0.3, 0.4) is 0 Å². The molecule has 1 aliphatic rings. The maximum absolute atomic E-state index is 13.1. The monoisotopic (exact) mass is 465 g/mol. The first kappa shape index (κ1) is 24.1. The molecule has 0 spiro atoms. The molecule has 1 aromatic heterocycles. The van der Waals surface area contributed by atoms with Gasteiger partial charge in [0.05, 0.1) is 11.7 Å². The predicted molar refractivity (Wildman–Crippen MR) is 117 cm³/mol. The van der Waals surface area contributed by atoms with Gasteiger partial charge in [-0.05, 0) is 42.5 Å². The Hall–Kier alpha value is -2.56. The van der Waals surface area contributed by atoms with Crippen LogP contribution in [0.2, 0.25) is 0 Å². The number of sulfonamides is 1. The zero-order valence-electron chi connectivity index (χ0n) is 18.1. The molecule has 1 fully saturated rings. The number of nitrogens with one attached hydrogen (secondary N) is 1. The van der Waals surface area contributed by atoms with Crippen LogP contribution in [0.5, 0.6) is 5.88 Å². The average Bonchev–Trinajstić information content (AvgIpc) is 2.78. The van der Waals surface area contributed by atoms with Gasteiger partial charge in [0.2, 0.25) is 21.8 Å². The molecule has 1 atom stereocenters. The minimum absolute atomic E-state index is 0.174. The summed E-state index contributed by atoms with van der Waals surface area (Å²) in [6.45, 7) is 4.05. The molecule has 1 aliphatic heterocycles. The first-order valence-electron chi connectivity index (χ1n) is 10.5. The van der Waals surface area contributed by atoms with Crippen molar-refractivity contribution in [3.8, 4) is 17.0 Å². The largest absolute Gasteiger partial charge is 0.474 e. The number of nitrogens with zero attached hydrogens (tertiary/aromatic N) is 2. The third kappa shape index (κ3) is 6.02. The van der Waals surface area contributed by atoms with Crippen LogP contribution in [0.15, 0.2) is 42.6 Å². The van der Waals surface area contributed by atoms with Crippen LogP contribution < -0.4 is 10.2 Å². The van der Waals surface area contributed by atoms with Crippen LogP contribution in [0.4, 0.5) is 4.39 Å². The van der Waals surface area contributed by atoms with E-state index in [1.54, 1.807) is 43.7 Å². The van der Waals surface area contributed by atoms with Gasteiger partial charge in [-0.2, -0.15) is 0 Å². The van der Waals surface area contributed by atoms with Gasteiger partial charge in [-0.25, -0.2) is 27.6 Å². The number of hydroxylamine groups is 1. The normalized spacial score (nSPS) is 16.7. The van der Waals surface area contributed by atoms with E-state index in [9.17, 15) is 17.6 Å². The van der Waals surface area contributed by atoms with Crippen molar-refractivity contribution in [2.75, 3.05) is 18.8 Å². The van der Waals surface area contributed by atoms with Gasteiger partial charge in [0, 0.05) is 30.9 Å². The lowest BCUT2D eigenvalue weighted by Crippen LogP contribution is -2.46. The molecule has 0 radical (unpaired) electrons. The summed E-state index contributed by atoms with van der Waals surface area (Å²) in [6.07, 6.45) is 2.48. The van der Waals surface area contributed by atoms with Crippen molar-refractivity contribution in [1.29, 1.82) is 0 Å². The molecule has 1 amide bonds. The summed E-state index contributed by atoms with van der Waals surface area (Å²) in [5, 5.41) is 8.88. The van der Waals surface area contributed by atoms with Crippen molar-refractivity contribution in [2.24, 2.45) is 11.8 Å². The number of hydrogen-bond acceptors (Lipinski definition) is 6. The number of aromatic nitrogens is 1. The molecule has 0 saturated carbocycles. The summed E-state index contributed by atoms with van der Waals surface area (Å²) < 4.78 is 45.9. The molecule has 1 saturated heterocycles. The van der Waals surface area contributed by atoms with Gasteiger partial charge in [-0.15, -0.1) is 0 Å². The van der Waals surface area contributed by atoms with Crippen LogP contribution in [-0.2, 0) is 14.8 Å². The Balaban J connectivity index is 1.55. The summed E-state index contributed by atoms with van der Waals surface area (Å²) in [5.74, 6) is -1.97. The molecule has 10 heteroatoms. The standard InChI is InChI=1S/C22H28FN3O5S/c1-15(2)20(22(27)25-28)14-32(29,30)26-11-9-19(10-12-26)31-21-8-5-17(13-24-21)16-3-6-18(23)7-4-16/h3-8,13,15,19-20,28H,9-12,14H2,1-2H3,(H,25,27). The molecule has 1 aromatic carbocycles. The minimum Gasteiger partial charge on any atom is -0.474 e. The number of benzene rings is 1. The number of carbonyl (C=O) groups is 1. The number of amides is 1. The van der Waals surface area contributed by atoms with E-state index in [2.05, 4.69) is 4.98 Å². The molecule has 3 rings (SSSR count). The number of halogens is 1. The van der Waals surface area contributed by atoms with Crippen LogP contribution in [0.1, 0.15) is 26.7 Å². The Bertz CT molecular complexity index is 1000. The number of hydrogen-bond donors (Lipinski definition) is 2. The lowest BCUT2D eigenvalue weighted by atomic mass is 9.97. The van der Waals surface area contributed by atoms with Crippen molar-refractivity contribution in [3.63, 3.8) is 0 Å². The highest BCUT2D eigenvalue weighted by atomic mass is 32.2. The van der Waals surface area contributed by atoms with E-state index in [4.69, 9.17) is 9.94 Å². The van der Waals surface area contributed by atoms with Gasteiger partial charge in [0.1, 0.15) is 11.9 Å². The van der Waals surface area contributed by atoms with Crippen LogP contribution >= 0.6 is 0 Å². The topological polar surface area (TPSA) is 109 Å². The first-order chi connectivity index (χ1) is 15.2. The second-order valence-corrected chi connectivity index (χ2v) is 10.2. The zero-order chi connectivity index (χ0) is 23.3. The number of ether oxygens (including phenoxy) is 1. The van der Waals surface area contributed by atoms with Crippen LogP contribution in [-0.4, -0.2) is 53.8 Å². The van der Waals surface area contributed by atoms with Crippen molar-refractivity contribution in [2.45, 2.75) is 32.8 Å². The Kier molecular flexibility index (Phi) is 7.81. The summed E-state index contributed by atoms with van der Waals surface area (Å²) in [7, 11) is -3.65. The molecule has 0 bridgehead atoms. The maximum atomic E-state index is 13.1. The molecule has 0 aliphatic carbocycles. The fourth-order valence-corrected chi connectivity index (χ4v) is 5.62. The molecule has 2 aromatic rings. The number of carbonyl (C=O) groups excluding carboxylic acids is 1. The molecule has 1 unspecified atom stereocenters. The molecule has 2 N–H and O–H groups in total. The van der Waals surface area contributed by atoms with Crippen molar-refractivity contribution in [3.05, 3.63) is 48.4 Å². The van der Waals surface area contributed by atoms with Gasteiger partial charge in [0.15, 0.2) is 0 Å². The molecular formula is C22H28FN3O5S.